The first kappa shape index (κ1) is 34.0. The van der Waals surface area contributed by atoms with Crippen LogP contribution in [0, 0.1) is 17.8 Å². The molecule has 0 spiro atoms. The SMILES string of the molecule is C.C.C.C.CCCOF.O=C1CCC(CCCC2CCC(CF)CC2)CC1. The van der Waals surface area contributed by atoms with Crippen LogP contribution in [0.3, 0.4) is 0 Å². The van der Waals surface area contributed by atoms with E-state index in [4.69, 9.17) is 0 Å². The number of Topliss-reactive ketones (excluding diaryl/α,β-unsaturated/α-hetero) is 1. The van der Waals surface area contributed by atoms with Crippen LogP contribution < -0.4 is 0 Å². The molecule has 0 amide bonds. The molecule has 2 nitrogen and oxygen atoms in total. The second kappa shape index (κ2) is 21.8. The summed E-state index contributed by atoms with van der Waals surface area (Å²) in [6.07, 6.45) is 13.4. The molecular weight excluding hydrogens is 346 g/mol. The zero-order valence-electron chi connectivity index (χ0n) is 14.7. The van der Waals surface area contributed by atoms with E-state index in [1.54, 1.807) is 0 Å². The Bertz CT molecular complexity index is 291. The van der Waals surface area contributed by atoms with Crippen LogP contribution >= 0.6 is 0 Å². The molecule has 0 saturated heterocycles. The Hall–Kier alpha value is -0.510. The molecule has 0 aromatic heterocycles. The Morgan fingerprint density at radius 2 is 1.30 bits per heavy atom. The molecule has 2 aliphatic rings. The van der Waals surface area contributed by atoms with Gasteiger partial charge in [-0.1, -0.05) is 68.7 Å². The van der Waals surface area contributed by atoms with Crippen molar-refractivity contribution in [3.05, 3.63) is 0 Å². The molecule has 2 fully saturated rings. The Balaban J connectivity index is -0.000000264. The maximum absolute atomic E-state index is 12.5. The van der Waals surface area contributed by atoms with Crippen molar-refractivity contribution >= 4 is 5.78 Å². The number of carbonyl (C=O) groups is 1. The lowest BCUT2D eigenvalue weighted by atomic mass is 9.79. The molecule has 27 heavy (non-hydrogen) atoms. The van der Waals surface area contributed by atoms with Crippen LogP contribution in [0.25, 0.3) is 0 Å². The maximum atomic E-state index is 12.5. The number of carbonyl (C=O) groups excluding carboxylic acids is 1. The van der Waals surface area contributed by atoms with Crippen LogP contribution in [-0.2, 0) is 9.74 Å². The highest BCUT2D eigenvalue weighted by molar-refractivity contribution is 5.78. The number of rotatable bonds is 7. The average molecular weight is 397 g/mol. The molecule has 0 aliphatic heterocycles. The first-order valence-electron chi connectivity index (χ1n) is 9.50. The second-order valence-electron chi connectivity index (χ2n) is 7.27. The van der Waals surface area contributed by atoms with Crippen LogP contribution in [0.2, 0.25) is 0 Å². The Kier molecular flexibility index (Phi) is 27.5. The molecule has 2 aliphatic carbocycles. The Morgan fingerprint density at radius 1 is 0.852 bits per heavy atom. The van der Waals surface area contributed by atoms with Crippen molar-refractivity contribution in [2.75, 3.05) is 13.3 Å². The number of hydrogen-bond acceptors (Lipinski definition) is 2. The highest BCUT2D eigenvalue weighted by atomic mass is 19.3. The van der Waals surface area contributed by atoms with E-state index in [1.165, 1.54) is 32.1 Å². The van der Waals surface area contributed by atoms with Crippen LogP contribution in [0.5, 0.6) is 0 Å². The first-order chi connectivity index (χ1) is 11.2. The monoisotopic (exact) mass is 396 g/mol. The van der Waals surface area contributed by atoms with Crippen molar-refractivity contribution in [1.82, 2.24) is 0 Å². The molecule has 4 heteroatoms. The van der Waals surface area contributed by atoms with Gasteiger partial charge in [0.25, 0.3) is 0 Å². The van der Waals surface area contributed by atoms with E-state index < -0.39 is 0 Å². The maximum Gasteiger partial charge on any atom is 0.132 e. The highest BCUT2D eigenvalue weighted by Gasteiger charge is 2.22. The lowest BCUT2D eigenvalue weighted by molar-refractivity contribution is -0.131. The van der Waals surface area contributed by atoms with Gasteiger partial charge in [-0.25, -0.2) is 0 Å². The molecular formula is C23H50F2O2. The third kappa shape index (κ3) is 16.2. The molecule has 0 N–H and O–H groups in total. The van der Waals surface area contributed by atoms with Crippen LogP contribution in [0.4, 0.5) is 8.92 Å². The smallest absolute Gasteiger partial charge is 0.132 e. The van der Waals surface area contributed by atoms with Gasteiger partial charge < -0.3 is 0 Å². The van der Waals surface area contributed by atoms with Gasteiger partial charge >= 0.3 is 0 Å². The summed E-state index contributed by atoms with van der Waals surface area (Å²) in [5, 5.41) is 0. The highest BCUT2D eigenvalue weighted by Crippen LogP contribution is 2.33. The normalized spacial score (nSPS) is 22.0. The van der Waals surface area contributed by atoms with E-state index >= 15 is 0 Å². The van der Waals surface area contributed by atoms with Gasteiger partial charge in [-0.05, 0) is 54.4 Å². The standard InChI is InChI=1S/C16H27FO.C3H7FO.4CH4/c17-12-15-6-4-13(5-7-15)2-1-3-14-8-10-16(18)11-9-14;1-2-3-5-4;;;;/h13-15H,1-12H2;2-3H2,1H3;4*1H4. The van der Waals surface area contributed by atoms with Crippen molar-refractivity contribution in [2.24, 2.45) is 17.8 Å². The van der Waals surface area contributed by atoms with Crippen LogP contribution in [0.1, 0.15) is 114 Å². The minimum absolute atomic E-state index is 0. The first-order valence-corrected chi connectivity index (χ1v) is 9.50. The fourth-order valence-electron chi connectivity index (χ4n) is 3.74. The van der Waals surface area contributed by atoms with E-state index in [0.29, 0.717) is 11.7 Å². The topological polar surface area (TPSA) is 26.3 Å². The van der Waals surface area contributed by atoms with Gasteiger partial charge in [-0.15, -0.1) is 0 Å². The zero-order valence-corrected chi connectivity index (χ0v) is 14.7. The molecule has 0 bridgehead atoms. The van der Waals surface area contributed by atoms with Crippen LogP contribution in [-0.4, -0.2) is 19.1 Å². The second-order valence-corrected chi connectivity index (χ2v) is 7.27. The summed E-state index contributed by atoms with van der Waals surface area (Å²) >= 11 is 0. The van der Waals surface area contributed by atoms with E-state index in [9.17, 15) is 13.7 Å². The van der Waals surface area contributed by atoms with Crippen LogP contribution in [0.15, 0.2) is 0 Å². The summed E-state index contributed by atoms with van der Waals surface area (Å²) in [5.41, 5.74) is 0. The molecule has 0 aromatic carbocycles. The van der Waals surface area contributed by atoms with Crippen molar-refractivity contribution < 1.29 is 18.7 Å². The molecule has 168 valence electrons. The predicted octanol–water partition coefficient (Wildman–Crippen LogP) is 8.53. The van der Waals surface area contributed by atoms with Gasteiger partial charge in [0.05, 0.1) is 13.3 Å². The number of hydrogen-bond donors (Lipinski definition) is 0. The molecule has 0 heterocycles. The minimum atomic E-state index is -0.108. The lowest BCUT2D eigenvalue weighted by Gasteiger charge is -2.27. The summed E-state index contributed by atoms with van der Waals surface area (Å²) < 4.78 is 23.0. The minimum Gasteiger partial charge on any atom is -0.300 e. The third-order valence-electron chi connectivity index (χ3n) is 5.35. The predicted molar refractivity (Wildman–Crippen MR) is 117 cm³/mol. The van der Waals surface area contributed by atoms with Gasteiger partial charge in [0, 0.05) is 12.8 Å². The fraction of sp³-hybridized carbons (Fsp3) is 0.957. The summed E-state index contributed by atoms with van der Waals surface area (Å²) in [6, 6.07) is 0. The summed E-state index contributed by atoms with van der Waals surface area (Å²) in [5.74, 6) is 2.50. The molecule has 2 saturated carbocycles. The van der Waals surface area contributed by atoms with Gasteiger partial charge in [-0.3, -0.25) is 9.18 Å². The Morgan fingerprint density at radius 3 is 1.67 bits per heavy atom. The largest absolute Gasteiger partial charge is 0.300 e. The van der Waals surface area contributed by atoms with Gasteiger partial charge in [0.1, 0.15) is 5.78 Å². The van der Waals surface area contributed by atoms with Crippen molar-refractivity contribution in [3.8, 4) is 0 Å². The summed E-state index contributed by atoms with van der Waals surface area (Å²) in [6.45, 7) is 1.96. The van der Waals surface area contributed by atoms with E-state index in [1.807, 2.05) is 6.92 Å². The number of ketones is 1. The van der Waals surface area contributed by atoms with Crippen molar-refractivity contribution in [2.45, 2.75) is 114 Å². The number of alkyl halides is 1. The van der Waals surface area contributed by atoms with E-state index in [2.05, 4.69) is 4.94 Å². The third-order valence-corrected chi connectivity index (χ3v) is 5.35. The lowest BCUT2D eigenvalue weighted by Crippen LogP contribution is -2.17. The van der Waals surface area contributed by atoms with Gasteiger partial charge in [0.2, 0.25) is 0 Å². The number of halogens is 2. The van der Waals surface area contributed by atoms with Crippen molar-refractivity contribution in [3.63, 3.8) is 0 Å². The van der Waals surface area contributed by atoms with E-state index in [-0.39, 0.29) is 43.0 Å². The fourth-order valence-corrected chi connectivity index (χ4v) is 3.74. The molecule has 0 radical (unpaired) electrons. The quantitative estimate of drug-likeness (QED) is 0.431. The molecule has 2 rings (SSSR count). The molecule has 0 aromatic rings. The average Bonchev–Trinajstić information content (AvgIpc) is 2.59. The van der Waals surface area contributed by atoms with E-state index in [0.717, 1.165) is 56.8 Å². The van der Waals surface area contributed by atoms with Gasteiger partial charge in [0.15, 0.2) is 0 Å². The van der Waals surface area contributed by atoms with Crippen molar-refractivity contribution in [1.29, 1.82) is 0 Å². The zero-order chi connectivity index (χ0) is 16.9. The molecule has 0 unspecified atom stereocenters. The molecule has 0 atom stereocenters. The van der Waals surface area contributed by atoms with Gasteiger partial charge in [-0.2, -0.15) is 4.94 Å². The summed E-state index contributed by atoms with van der Waals surface area (Å²) in [4.78, 5) is 14.3. The Labute approximate surface area is 169 Å². The summed E-state index contributed by atoms with van der Waals surface area (Å²) in [7, 11) is 0.